The molecule has 3 N–H and O–H groups in total. The third kappa shape index (κ3) is 4.92. The van der Waals surface area contributed by atoms with E-state index in [0.29, 0.717) is 18.7 Å². The number of hydrogen-bond acceptors (Lipinski definition) is 4. The Hall–Kier alpha value is -2.69. The molecular formula is C18H21NO4. The summed E-state index contributed by atoms with van der Waals surface area (Å²) >= 11 is 0. The zero-order valence-electron chi connectivity index (χ0n) is 13.3. The average Bonchev–Trinajstić information content (AvgIpc) is 2.52. The first kappa shape index (κ1) is 16.7. The number of aromatic hydroxyl groups is 2. The van der Waals surface area contributed by atoms with Crippen LogP contribution in [0.3, 0.4) is 0 Å². The fourth-order valence-corrected chi connectivity index (χ4v) is 2.13. The van der Waals surface area contributed by atoms with Gasteiger partial charge in [0.05, 0.1) is 0 Å². The molecule has 0 saturated heterocycles. The van der Waals surface area contributed by atoms with Crippen molar-refractivity contribution < 1.29 is 19.7 Å². The van der Waals surface area contributed by atoms with Gasteiger partial charge in [-0.1, -0.05) is 18.2 Å². The molecule has 2 aromatic carbocycles. The number of rotatable bonds is 6. The molecule has 0 aliphatic carbocycles. The number of ether oxygens (including phenoxy) is 1. The third-order valence-electron chi connectivity index (χ3n) is 3.48. The van der Waals surface area contributed by atoms with Crippen molar-refractivity contribution in [2.24, 2.45) is 0 Å². The first-order valence-electron chi connectivity index (χ1n) is 7.43. The predicted molar refractivity (Wildman–Crippen MR) is 87.9 cm³/mol. The van der Waals surface area contributed by atoms with Gasteiger partial charge >= 0.3 is 0 Å². The van der Waals surface area contributed by atoms with Crippen molar-refractivity contribution in [3.05, 3.63) is 53.1 Å². The van der Waals surface area contributed by atoms with Crippen LogP contribution in [-0.2, 0) is 11.2 Å². The smallest absolute Gasteiger partial charge is 0.257 e. The summed E-state index contributed by atoms with van der Waals surface area (Å²) in [6.07, 6.45) is 0.559. The summed E-state index contributed by atoms with van der Waals surface area (Å²) in [4.78, 5) is 11.8. The van der Waals surface area contributed by atoms with E-state index in [1.165, 1.54) is 12.1 Å². The normalized spacial score (nSPS) is 10.3. The zero-order chi connectivity index (χ0) is 16.8. The van der Waals surface area contributed by atoms with Crippen molar-refractivity contribution >= 4 is 5.91 Å². The van der Waals surface area contributed by atoms with Gasteiger partial charge < -0.3 is 20.3 Å². The fourth-order valence-electron chi connectivity index (χ4n) is 2.13. The quantitative estimate of drug-likeness (QED) is 0.716. The summed E-state index contributed by atoms with van der Waals surface area (Å²) in [6, 6.07) is 10.5. The predicted octanol–water partition coefficient (Wildman–Crippen LogP) is 2.45. The second-order valence-electron chi connectivity index (χ2n) is 5.48. The Morgan fingerprint density at radius 3 is 2.61 bits per heavy atom. The lowest BCUT2D eigenvalue weighted by molar-refractivity contribution is -0.123. The first-order valence-corrected chi connectivity index (χ1v) is 7.43. The number of phenols is 2. The van der Waals surface area contributed by atoms with Crippen LogP contribution in [0.15, 0.2) is 36.4 Å². The van der Waals surface area contributed by atoms with E-state index in [2.05, 4.69) is 5.32 Å². The van der Waals surface area contributed by atoms with Crippen molar-refractivity contribution in [2.75, 3.05) is 13.2 Å². The number of phenolic OH excluding ortho intramolecular Hbond substituents is 2. The molecule has 0 aliphatic heterocycles. The molecule has 0 aromatic heterocycles. The molecule has 0 bridgehead atoms. The first-order chi connectivity index (χ1) is 11.0. The Labute approximate surface area is 135 Å². The molecule has 0 spiro atoms. The molecule has 2 rings (SSSR count). The Bertz CT molecular complexity index is 697. The molecule has 0 unspecified atom stereocenters. The molecule has 23 heavy (non-hydrogen) atoms. The van der Waals surface area contributed by atoms with Crippen LogP contribution in [0.5, 0.6) is 17.2 Å². The SMILES string of the molecule is Cc1ccc(C)c(OCC(=O)NCCc2ccc(O)c(O)c2)c1. The lowest BCUT2D eigenvalue weighted by Crippen LogP contribution is -2.30. The fraction of sp³-hybridized carbons (Fsp3) is 0.278. The number of nitrogens with one attached hydrogen (secondary N) is 1. The lowest BCUT2D eigenvalue weighted by atomic mass is 10.1. The van der Waals surface area contributed by atoms with Gasteiger partial charge in [-0.3, -0.25) is 4.79 Å². The van der Waals surface area contributed by atoms with Crippen molar-refractivity contribution in [2.45, 2.75) is 20.3 Å². The van der Waals surface area contributed by atoms with Crippen molar-refractivity contribution in [1.29, 1.82) is 0 Å². The highest BCUT2D eigenvalue weighted by molar-refractivity contribution is 5.77. The van der Waals surface area contributed by atoms with Crippen LogP contribution in [0, 0.1) is 13.8 Å². The molecule has 2 aromatic rings. The topological polar surface area (TPSA) is 78.8 Å². The highest BCUT2D eigenvalue weighted by Gasteiger charge is 2.06. The van der Waals surface area contributed by atoms with Crippen molar-refractivity contribution in [3.8, 4) is 17.2 Å². The van der Waals surface area contributed by atoms with Gasteiger partial charge in [-0.15, -0.1) is 0 Å². The number of benzene rings is 2. The molecular weight excluding hydrogens is 294 g/mol. The van der Waals surface area contributed by atoms with Gasteiger partial charge in [-0.05, 0) is 55.2 Å². The Balaban J connectivity index is 1.77. The maximum absolute atomic E-state index is 11.8. The maximum Gasteiger partial charge on any atom is 0.257 e. The van der Waals surface area contributed by atoms with Crippen LogP contribution in [-0.4, -0.2) is 29.3 Å². The second-order valence-corrected chi connectivity index (χ2v) is 5.48. The standard InChI is InChI=1S/C18H21NO4/c1-12-3-4-13(2)17(9-12)23-11-18(22)19-8-7-14-5-6-15(20)16(21)10-14/h3-6,9-10,20-21H,7-8,11H2,1-2H3,(H,19,22). The van der Waals surface area contributed by atoms with Gasteiger partial charge in [0.25, 0.3) is 5.91 Å². The Kier molecular flexibility index (Phi) is 5.46. The van der Waals surface area contributed by atoms with E-state index in [1.807, 2.05) is 32.0 Å². The van der Waals surface area contributed by atoms with Gasteiger partial charge in [0.1, 0.15) is 5.75 Å². The largest absolute Gasteiger partial charge is 0.504 e. The molecule has 0 fully saturated rings. The van der Waals surface area contributed by atoms with Crippen LogP contribution < -0.4 is 10.1 Å². The monoisotopic (exact) mass is 315 g/mol. The third-order valence-corrected chi connectivity index (χ3v) is 3.48. The van der Waals surface area contributed by atoms with Gasteiger partial charge in [-0.2, -0.15) is 0 Å². The molecule has 122 valence electrons. The van der Waals surface area contributed by atoms with Crippen LogP contribution in [0.1, 0.15) is 16.7 Å². The zero-order valence-corrected chi connectivity index (χ0v) is 13.3. The molecule has 0 atom stereocenters. The van der Waals surface area contributed by atoms with E-state index in [9.17, 15) is 15.0 Å². The van der Waals surface area contributed by atoms with E-state index in [-0.39, 0.29) is 24.0 Å². The number of aryl methyl sites for hydroxylation is 2. The Morgan fingerprint density at radius 2 is 1.87 bits per heavy atom. The summed E-state index contributed by atoms with van der Waals surface area (Å²) in [6.45, 7) is 4.30. The number of amides is 1. The van der Waals surface area contributed by atoms with Gasteiger partial charge in [0, 0.05) is 6.54 Å². The summed E-state index contributed by atoms with van der Waals surface area (Å²) in [5, 5.41) is 21.4. The minimum Gasteiger partial charge on any atom is -0.504 e. The molecule has 0 radical (unpaired) electrons. The number of carbonyl (C=O) groups is 1. The number of hydrogen-bond donors (Lipinski definition) is 3. The van der Waals surface area contributed by atoms with E-state index in [1.54, 1.807) is 6.07 Å². The minimum absolute atomic E-state index is 0.0366. The molecule has 5 heteroatoms. The highest BCUT2D eigenvalue weighted by atomic mass is 16.5. The molecule has 1 amide bonds. The van der Waals surface area contributed by atoms with Gasteiger partial charge in [0.15, 0.2) is 18.1 Å². The van der Waals surface area contributed by atoms with Crippen molar-refractivity contribution in [1.82, 2.24) is 5.32 Å². The summed E-state index contributed by atoms with van der Waals surface area (Å²) < 4.78 is 5.53. The molecule has 0 saturated carbocycles. The van der Waals surface area contributed by atoms with Gasteiger partial charge in [-0.25, -0.2) is 0 Å². The summed E-state index contributed by atoms with van der Waals surface area (Å²) in [5.41, 5.74) is 2.90. The summed E-state index contributed by atoms with van der Waals surface area (Å²) in [5.74, 6) is 0.198. The maximum atomic E-state index is 11.8. The van der Waals surface area contributed by atoms with Crippen LogP contribution >= 0.6 is 0 Å². The summed E-state index contributed by atoms with van der Waals surface area (Å²) in [7, 11) is 0. The minimum atomic E-state index is -0.200. The average molecular weight is 315 g/mol. The van der Waals surface area contributed by atoms with Crippen LogP contribution in [0.4, 0.5) is 0 Å². The number of carbonyl (C=O) groups excluding carboxylic acids is 1. The van der Waals surface area contributed by atoms with E-state index in [4.69, 9.17) is 4.74 Å². The highest BCUT2D eigenvalue weighted by Crippen LogP contribution is 2.24. The molecule has 5 nitrogen and oxygen atoms in total. The molecule has 0 heterocycles. The van der Waals surface area contributed by atoms with E-state index < -0.39 is 0 Å². The van der Waals surface area contributed by atoms with E-state index in [0.717, 1.165) is 16.7 Å². The van der Waals surface area contributed by atoms with E-state index >= 15 is 0 Å². The second kappa shape index (κ2) is 7.54. The van der Waals surface area contributed by atoms with Crippen LogP contribution in [0.25, 0.3) is 0 Å². The van der Waals surface area contributed by atoms with Gasteiger partial charge in [0.2, 0.25) is 0 Å². The van der Waals surface area contributed by atoms with Crippen molar-refractivity contribution in [3.63, 3.8) is 0 Å². The Morgan fingerprint density at radius 1 is 1.09 bits per heavy atom. The van der Waals surface area contributed by atoms with Crippen LogP contribution in [0.2, 0.25) is 0 Å². The molecule has 0 aliphatic rings. The lowest BCUT2D eigenvalue weighted by Gasteiger charge is -2.10.